The van der Waals surface area contributed by atoms with E-state index in [4.69, 9.17) is 33.2 Å². The average molecular weight is 430 g/mol. The van der Waals surface area contributed by atoms with Crippen LogP contribution in [0.5, 0.6) is 11.6 Å². The van der Waals surface area contributed by atoms with Gasteiger partial charge >= 0.3 is 0 Å². The number of hydrogen-bond donors (Lipinski definition) is 1. The van der Waals surface area contributed by atoms with E-state index >= 15 is 0 Å². The van der Waals surface area contributed by atoms with Crippen LogP contribution in [0.15, 0.2) is 54.6 Å². The summed E-state index contributed by atoms with van der Waals surface area (Å²) < 4.78 is 20.1. The van der Waals surface area contributed by atoms with Gasteiger partial charge in [0.05, 0.1) is 23.2 Å². The first kappa shape index (κ1) is 20.6. The quantitative estimate of drug-likeness (QED) is 0.515. The fraction of sp³-hybridized carbons (Fsp3) is 0.0952. The molecule has 5 nitrogen and oxygen atoms in total. The van der Waals surface area contributed by atoms with E-state index in [0.717, 1.165) is 0 Å². The van der Waals surface area contributed by atoms with Crippen LogP contribution in [-0.2, 0) is 0 Å². The predicted molar refractivity (Wildman–Crippen MR) is 109 cm³/mol. The molecule has 1 amide bonds. The Morgan fingerprint density at radius 1 is 1.17 bits per heavy atom. The molecule has 0 bridgehead atoms. The number of nitrogens with one attached hydrogen (secondary N) is 1. The first-order chi connectivity index (χ1) is 14.0. The summed E-state index contributed by atoms with van der Waals surface area (Å²) in [5, 5.41) is 11.9. The van der Waals surface area contributed by atoms with Crippen LogP contribution in [0.4, 0.5) is 4.39 Å². The van der Waals surface area contributed by atoms with Gasteiger partial charge in [0.2, 0.25) is 5.88 Å². The van der Waals surface area contributed by atoms with E-state index < -0.39 is 11.7 Å². The van der Waals surface area contributed by atoms with Gasteiger partial charge in [0.1, 0.15) is 11.6 Å². The summed E-state index contributed by atoms with van der Waals surface area (Å²) in [7, 11) is 0. The molecule has 29 heavy (non-hydrogen) atoms. The van der Waals surface area contributed by atoms with Gasteiger partial charge in [0.15, 0.2) is 0 Å². The Hall–Kier alpha value is -3.14. The third-order valence-corrected chi connectivity index (χ3v) is 4.39. The Morgan fingerprint density at radius 3 is 2.76 bits per heavy atom. The number of aromatic nitrogens is 1. The van der Waals surface area contributed by atoms with Gasteiger partial charge in [-0.2, -0.15) is 5.26 Å². The molecule has 0 saturated carbocycles. The third kappa shape index (κ3) is 5.23. The predicted octanol–water partition coefficient (Wildman–Crippen LogP) is 5.63. The molecule has 0 spiro atoms. The SMILES string of the molecule is N#CCCNC(=O)c1ccc(F)c(-c2cccc(Oc3ccc(Cl)cc3Cl)n2)c1. The van der Waals surface area contributed by atoms with Crippen molar-refractivity contribution >= 4 is 29.1 Å². The van der Waals surface area contributed by atoms with Crippen molar-refractivity contribution in [2.75, 3.05) is 6.54 Å². The molecule has 0 fully saturated rings. The number of nitriles is 1. The number of halogens is 3. The van der Waals surface area contributed by atoms with Crippen molar-refractivity contribution in [2.45, 2.75) is 6.42 Å². The van der Waals surface area contributed by atoms with E-state index in [0.29, 0.717) is 15.8 Å². The highest BCUT2D eigenvalue weighted by atomic mass is 35.5. The van der Waals surface area contributed by atoms with E-state index in [1.807, 2.05) is 6.07 Å². The van der Waals surface area contributed by atoms with Gasteiger partial charge in [0.25, 0.3) is 5.91 Å². The Morgan fingerprint density at radius 2 is 2.00 bits per heavy atom. The van der Waals surface area contributed by atoms with Crippen molar-refractivity contribution in [3.8, 4) is 29.0 Å². The topological polar surface area (TPSA) is 75.0 Å². The standard InChI is InChI=1S/C21H14Cl2FN3O2/c22-14-6-8-19(16(23)12-14)29-20-4-1-3-18(27-20)15-11-13(5-7-17(15)24)21(28)26-10-2-9-25/h1,3-8,11-12H,2,10H2,(H,26,28). The van der Waals surface area contributed by atoms with Crippen molar-refractivity contribution in [1.82, 2.24) is 10.3 Å². The second-order valence-corrected chi connectivity index (χ2v) is 6.74. The number of hydrogen-bond acceptors (Lipinski definition) is 4. The number of benzene rings is 2. The highest BCUT2D eigenvalue weighted by Crippen LogP contribution is 2.32. The van der Waals surface area contributed by atoms with Gasteiger partial charge in [-0.25, -0.2) is 9.37 Å². The lowest BCUT2D eigenvalue weighted by molar-refractivity contribution is 0.0954. The molecule has 3 rings (SSSR count). The van der Waals surface area contributed by atoms with E-state index in [-0.39, 0.29) is 35.7 Å². The maximum absolute atomic E-state index is 14.4. The zero-order valence-corrected chi connectivity index (χ0v) is 16.5. The number of ether oxygens (including phenoxy) is 1. The molecule has 3 aromatic rings. The van der Waals surface area contributed by atoms with Crippen molar-refractivity contribution in [3.05, 3.63) is 76.0 Å². The molecule has 2 aromatic carbocycles. The summed E-state index contributed by atoms with van der Waals surface area (Å²) in [6.07, 6.45) is 0.188. The molecule has 0 unspecified atom stereocenters. The summed E-state index contributed by atoms with van der Waals surface area (Å²) in [5.74, 6) is -0.378. The van der Waals surface area contributed by atoms with Crippen LogP contribution in [0.2, 0.25) is 10.0 Å². The Labute approximate surface area is 176 Å². The lowest BCUT2D eigenvalue weighted by atomic mass is 10.1. The monoisotopic (exact) mass is 429 g/mol. The number of nitrogens with zero attached hydrogens (tertiary/aromatic N) is 2. The van der Waals surface area contributed by atoms with Crippen LogP contribution in [-0.4, -0.2) is 17.4 Å². The number of carbonyl (C=O) groups is 1. The Kier molecular flexibility index (Phi) is 6.65. The minimum atomic E-state index is -0.534. The Bertz CT molecular complexity index is 1100. The molecule has 146 valence electrons. The van der Waals surface area contributed by atoms with Crippen molar-refractivity contribution in [3.63, 3.8) is 0 Å². The van der Waals surface area contributed by atoms with Gasteiger partial charge in [-0.3, -0.25) is 4.79 Å². The van der Waals surface area contributed by atoms with Crippen molar-refractivity contribution in [1.29, 1.82) is 5.26 Å². The third-order valence-electron chi connectivity index (χ3n) is 3.86. The summed E-state index contributed by atoms with van der Waals surface area (Å²) in [6.45, 7) is 0.214. The second-order valence-electron chi connectivity index (χ2n) is 5.90. The van der Waals surface area contributed by atoms with Crippen LogP contribution < -0.4 is 10.1 Å². The van der Waals surface area contributed by atoms with Gasteiger partial charge in [-0.05, 0) is 42.5 Å². The lowest BCUT2D eigenvalue weighted by Gasteiger charge is -2.10. The van der Waals surface area contributed by atoms with Crippen LogP contribution in [0.25, 0.3) is 11.3 Å². The molecule has 0 saturated heterocycles. The summed E-state index contributed by atoms with van der Waals surface area (Å²) in [6, 6.07) is 15.5. The fourth-order valence-electron chi connectivity index (χ4n) is 2.49. The minimum absolute atomic E-state index is 0.144. The maximum atomic E-state index is 14.4. The Balaban J connectivity index is 1.87. The molecule has 0 radical (unpaired) electrons. The number of rotatable bonds is 6. The van der Waals surface area contributed by atoms with Gasteiger partial charge in [-0.1, -0.05) is 29.3 Å². The van der Waals surface area contributed by atoms with Gasteiger partial charge in [-0.15, -0.1) is 0 Å². The zero-order chi connectivity index (χ0) is 20.8. The van der Waals surface area contributed by atoms with Crippen LogP contribution in [0.1, 0.15) is 16.8 Å². The number of carbonyl (C=O) groups excluding carboxylic acids is 1. The molecule has 0 aliphatic carbocycles. The minimum Gasteiger partial charge on any atom is -0.437 e. The van der Waals surface area contributed by atoms with E-state index in [2.05, 4.69) is 10.3 Å². The summed E-state index contributed by atoms with van der Waals surface area (Å²) >= 11 is 12.0. The molecular formula is C21H14Cl2FN3O2. The van der Waals surface area contributed by atoms with Crippen molar-refractivity contribution in [2.24, 2.45) is 0 Å². The van der Waals surface area contributed by atoms with Gasteiger partial charge < -0.3 is 10.1 Å². The lowest BCUT2D eigenvalue weighted by Crippen LogP contribution is -2.24. The van der Waals surface area contributed by atoms with Crippen LogP contribution in [0, 0.1) is 17.1 Å². The highest BCUT2D eigenvalue weighted by molar-refractivity contribution is 6.35. The maximum Gasteiger partial charge on any atom is 0.251 e. The highest BCUT2D eigenvalue weighted by Gasteiger charge is 2.13. The average Bonchev–Trinajstić information content (AvgIpc) is 2.71. The first-order valence-electron chi connectivity index (χ1n) is 8.53. The number of pyridine rings is 1. The molecule has 1 N–H and O–H groups in total. The van der Waals surface area contributed by atoms with Gasteiger partial charge in [0, 0.05) is 28.8 Å². The molecular weight excluding hydrogens is 416 g/mol. The molecule has 8 heteroatoms. The number of amides is 1. The molecule has 1 aromatic heterocycles. The first-order valence-corrected chi connectivity index (χ1v) is 9.28. The van der Waals surface area contributed by atoms with E-state index in [1.54, 1.807) is 30.3 Å². The van der Waals surface area contributed by atoms with E-state index in [1.165, 1.54) is 24.3 Å². The molecule has 0 aliphatic rings. The largest absolute Gasteiger partial charge is 0.437 e. The van der Waals surface area contributed by atoms with Crippen LogP contribution in [0.3, 0.4) is 0 Å². The summed E-state index contributed by atoms with van der Waals surface area (Å²) in [4.78, 5) is 16.5. The normalized spacial score (nSPS) is 10.3. The molecule has 1 heterocycles. The second kappa shape index (κ2) is 9.37. The fourth-order valence-corrected chi connectivity index (χ4v) is 2.94. The molecule has 0 atom stereocenters. The molecule has 0 aliphatic heterocycles. The summed E-state index contributed by atoms with van der Waals surface area (Å²) in [5.41, 5.74) is 0.690. The zero-order valence-electron chi connectivity index (χ0n) is 15.0. The van der Waals surface area contributed by atoms with Crippen molar-refractivity contribution < 1.29 is 13.9 Å². The smallest absolute Gasteiger partial charge is 0.251 e. The van der Waals surface area contributed by atoms with E-state index in [9.17, 15) is 9.18 Å². The van der Waals surface area contributed by atoms with Crippen LogP contribution >= 0.6 is 23.2 Å².